The van der Waals surface area contributed by atoms with Crippen molar-refractivity contribution in [2.24, 2.45) is 0 Å². The summed E-state index contributed by atoms with van der Waals surface area (Å²) >= 11 is 1.31. The van der Waals surface area contributed by atoms with Gasteiger partial charge in [-0.1, -0.05) is 0 Å². The molecule has 7 heteroatoms. The van der Waals surface area contributed by atoms with E-state index in [4.69, 9.17) is 9.47 Å². The summed E-state index contributed by atoms with van der Waals surface area (Å²) in [4.78, 5) is 23.7. The lowest BCUT2D eigenvalue weighted by atomic mass is 10.2. The van der Waals surface area contributed by atoms with Crippen molar-refractivity contribution < 1.29 is 19.1 Å². The molecule has 110 valence electrons. The van der Waals surface area contributed by atoms with Crippen LogP contribution in [0.3, 0.4) is 0 Å². The molecule has 0 saturated heterocycles. The lowest BCUT2D eigenvalue weighted by Crippen LogP contribution is -2.32. The largest absolute Gasteiger partial charge is 0.462 e. The summed E-state index contributed by atoms with van der Waals surface area (Å²) in [6.07, 6.45) is 0.910. The first-order chi connectivity index (χ1) is 9.56. The molecule has 2 rings (SSSR count). The van der Waals surface area contributed by atoms with Gasteiger partial charge in [0.2, 0.25) is 0 Å². The number of aryl methyl sites for hydroxylation is 1. The van der Waals surface area contributed by atoms with Gasteiger partial charge < -0.3 is 14.8 Å². The van der Waals surface area contributed by atoms with Gasteiger partial charge in [-0.3, -0.25) is 5.32 Å². The minimum atomic E-state index is -0.414. The Kier molecular flexibility index (Phi) is 4.61. The summed E-state index contributed by atoms with van der Waals surface area (Å²) < 4.78 is 10.1. The summed E-state index contributed by atoms with van der Waals surface area (Å²) in [6, 6.07) is -0.283. The van der Waals surface area contributed by atoms with Gasteiger partial charge in [0.1, 0.15) is 5.00 Å². The predicted molar refractivity (Wildman–Crippen MR) is 76.4 cm³/mol. The summed E-state index contributed by atoms with van der Waals surface area (Å²) in [5.41, 5.74) is 1.22. The molecule has 1 aromatic heterocycles. The van der Waals surface area contributed by atoms with Crippen molar-refractivity contribution in [3.63, 3.8) is 0 Å². The van der Waals surface area contributed by atoms with Gasteiger partial charge in [0.05, 0.1) is 24.3 Å². The van der Waals surface area contributed by atoms with Gasteiger partial charge in [0.15, 0.2) is 0 Å². The third-order valence-corrected chi connectivity index (χ3v) is 4.05. The van der Waals surface area contributed by atoms with Crippen molar-refractivity contribution in [1.82, 2.24) is 5.32 Å². The van der Waals surface area contributed by atoms with Crippen LogP contribution in [0, 0.1) is 6.92 Å². The minimum absolute atomic E-state index is 0.0482. The SMILES string of the molecule is CCOC(=O)c1c(C)csc1NC(=O)NC1CC1OC. The van der Waals surface area contributed by atoms with E-state index < -0.39 is 5.97 Å². The van der Waals surface area contributed by atoms with E-state index in [0.717, 1.165) is 12.0 Å². The first-order valence-electron chi connectivity index (χ1n) is 6.42. The monoisotopic (exact) mass is 298 g/mol. The quantitative estimate of drug-likeness (QED) is 0.817. The molecule has 1 aliphatic carbocycles. The van der Waals surface area contributed by atoms with Gasteiger partial charge in [-0.25, -0.2) is 9.59 Å². The lowest BCUT2D eigenvalue weighted by Gasteiger charge is -2.08. The van der Waals surface area contributed by atoms with E-state index in [1.165, 1.54) is 11.3 Å². The van der Waals surface area contributed by atoms with E-state index >= 15 is 0 Å². The maximum Gasteiger partial charge on any atom is 0.341 e. The van der Waals surface area contributed by atoms with Gasteiger partial charge in [0.25, 0.3) is 0 Å². The van der Waals surface area contributed by atoms with Crippen LogP contribution in [0.25, 0.3) is 0 Å². The Morgan fingerprint density at radius 1 is 1.50 bits per heavy atom. The van der Waals surface area contributed by atoms with Crippen LogP contribution in [-0.2, 0) is 9.47 Å². The van der Waals surface area contributed by atoms with Gasteiger partial charge >= 0.3 is 12.0 Å². The number of methoxy groups -OCH3 is 1. The maximum atomic E-state index is 11.9. The molecule has 6 nitrogen and oxygen atoms in total. The Hall–Kier alpha value is -1.60. The molecular weight excluding hydrogens is 280 g/mol. The van der Waals surface area contributed by atoms with E-state index in [1.807, 2.05) is 12.3 Å². The Morgan fingerprint density at radius 2 is 2.25 bits per heavy atom. The molecule has 2 amide bonds. The van der Waals surface area contributed by atoms with Crippen molar-refractivity contribution in [1.29, 1.82) is 0 Å². The molecule has 2 N–H and O–H groups in total. The molecule has 20 heavy (non-hydrogen) atoms. The Bertz CT molecular complexity index is 514. The number of carbonyl (C=O) groups excluding carboxylic acids is 2. The second-order valence-electron chi connectivity index (χ2n) is 4.56. The molecule has 0 radical (unpaired) electrons. The van der Waals surface area contributed by atoms with Crippen LogP contribution in [0.5, 0.6) is 0 Å². The maximum absolute atomic E-state index is 11.9. The standard InChI is InChI=1S/C13H18N2O4S/c1-4-19-12(16)10-7(2)6-20-11(10)15-13(17)14-8-5-9(8)18-3/h6,8-9H,4-5H2,1-3H3,(H2,14,15,17). The summed E-state index contributed by atoms with van der Waals surface area (Å²) in [5.74, 6) is -0.414. The fourth-order valence-corrected chi connectivity index (χ4v) is 2.81. The van der Waals surface area contributed by atoms with Crippen LogP contribution in [0.2, 0.25) is 0 Å². The number of rotatable bonds is 5. The number of carbonyl (C=O) groups is 2. The molecule has 1 fully saturated rings. The number of esters is 1. The van der Waals surface area contributed by atoms with E-state index in [-0.39, 0.29) is 18.2 Å². The highest BCUT2D eigenvalue weighted by molar-refractivity contribution is 7.15. The highest BCUT2D eigenvalue weighted by atomic mass is 32.1. The van der Waals surface area contributed by atoms with Gasteiger partial charge in [0, 0.05) is 7.11 Å². The average molecular weight is 298 g/mol. The fraction of sp³-hybridized carbons (Fsp3) is 0.538. The number of hydrogen-bond acceptors (Lipinski definition) is 5. The average Bonchev–Trinajstić information content (AvgIpc) is 3.04. The Morgan fingerprint density at radius 3 is 2.85 bits per heavy atom. The van der Waals surface area contributed by atoms with E-state index in [1.54, 1.807) is 14.0 Å². The molecule has 0 aromatic carbocycles. The third-order valence-electron chi connectivity index (χ3n) is 3.03. The van der Waals surface area contributed by atoms with Crippen molar-refractivity contribution in [2.75, 3.05) is 19.0 Å². The second kappa shape index (κ2) is 6.23. The number of amides is 2. The normalized spacial score (nSPS) is 20.4. The van der Waals surface area contributed by atoms with E-state index in [9.17, 15) is 9.59 Å². The van der Waals surface area contributed by atoms with Crippen LogP contribution in [0.15, 0.2) is 5.38 Å². The minimum Gasteiger partial charge on any atom is -0.462 e. The topological polar surface area (TPSA) is 76.7 Å². The zero-order valence-corrected chi connectivity index (χ0v) is 12.5. The Labute approximate surface area is 121 Å². The molecule has 1 aromatic rings. The smallest absolute Gasteiger partial charge is 0.341 e. The molecule has 2 unspecified atom stereocenters. The molecule has 0 bridgehead atoms. The highest BCUT2D eigenvalue weighted by Crippen LogP contribution is 2.29. The van der Waals surface area contributed by atoms with Gasteiger partial charge in [-0.05, 0) is 31.2 Å². The first-order valence-corrected chi connectivity index (χ1v) is 7.30. The zero-order valence-electron chi connectivity index (χ0n) is 11.7. The number of ether oxygens (including phenoxy) is 2. The van der Waals surface area contributed by atoms with Crippen LogP contribution >= 0.6 is 11.3 Å². The molecule has 2 atom stereocenters. The van der Waals surface area contributed by atoms with Gasteiger partial charge in [-0.2, -0.15) is 0 Å². The van der Waals surface area contributed by atoms with Crippen molar-refractivity contribution in [3.8, 4) is 0 Å². The molecule has 1 saturated carbocycles. The second-order valence-corrected chi connectivity index (χ2v) is 5.44. The molecule has 0 spiro atoms. The Balaban J connectivity index is 1.99. The molecular formula is C13H18N2O4S. The summed E-state index contributed by atoms with van der Waals surface area (Å²) in [7, 11) is 1.62. The zero-order chi connectivity index (χ0) is 14.7. The molecule has 1 aliphatic rings. The van der Waals surface area contributed by atoms with Crippen LogP contribution < -0.4 is 10.6 Å². The van der Waals surface area contributed by atoms with Crippen molar-refractivity contribution >= 4 is 28.3 Å². The van der Waals surface area contributed by atoms with Crippen LogP contribution in [0.4, 0.5) is 9.80 Å². The summed E-state index contributed by atoms with van der Waals surface area (Å²) in [5, 5.41) is 7.81. The number of hydrogen-bond donors (Lipinski definition) is 2. The number of anilines is 1. The number of urea groups is 1. The fourth-order valence-electron chi connectivity index (χ4n) is 1.88. The van der Waals surface area contributed by atoms with Crippen molar-refractivity contribution in [3.05, 3.63) is 16.5 Å². The van der Waals surface area contributed by atoms with E-state index in [0.29, 0.717) is 17.2 Å². The van der Waals surface area contributed by atoms with Crippen LogP contribution in [-0.4, -0.2) is 37.9 Å². The van der Waals surface area contributed by atoms with E-state index in [2.05, 4.69) is 10.6 Å². The first kappa shape index (κ1) is 14.8. The number of nitrogens with one attached hydrogen (secondary N) is 2. The molecule has 0 aliphatic heterocycles. The molecule has 1 heterocycles. The lowest BCUT2D eigenvalue weighted by molar-refractivity contribution is 0.0527. The van der Waals surface area contributed by atoms with Gasteiger partial charge in [-0.15, -0.1) is 11.3 Å². The predicted octanol–water partition coefficient (Wildman–Crippen LogP) is 2.14. The van der Waals surface area contributed by atoms with Crippen molar-refractivity contribution in [2.45, 2.75) is 32.4 Å². The highest BCUT2D eigenvalue weighted by Gasteiger charge is 2.38. The third kappa shape index (κ3) is 3.29. The summed E-state index contributed by atoms with van der Waals surface area (Å²) in [6.45, 7) is 3.86. The van der Waals surface area contributed by atoms with Crippen LogP contribution in [0.1, 0.15) is 29.3 Å². The number of thiophene rings is 1.